The first-order valence-electron chi connectivity index (χ1n) is 7.39. The SMILES string of the molecule is CS(=O)(=O)CCOc1cccc(NC(=O)C2CCCCN2)c1.Cl. The lowest BCUT2D eigenvalue weighted by Crippen LogP contribution is -2.43. The van der Waals surface area contributed by atoms with E-state index in [9.17, 15) is 13.2 Å². The van der Waals surface area contributed by atoms with E-state index in [1.807, 2.05) is 0 Å². The highest BCUT2D eigenvalue weighted by molar-refractivity contribution is 7.90. The van der Waals surface area contributed by atoms with E-state index in [1.54, 1.807) is 24.3 Å². The Kier molecular flexibility index (Phi) is 7.81. The highest BCUT2D eigenvalue weighted by Crippen LogP contribution is 2.18. The second kappa shape index (κ2) is 9.10. The number of amides is 1. The van der Waals surface area contributed by atoms with Crippen molar-refractivity contribution >= 4 is 33.8 Å². The number of sulfone groups is 1. The largest absolute Gasteiger partial charge is 0.492 e. The zero-order valence-electron chi connectivity index (χ0n) is 13.1. The van der Waals surface area contributed by atoms with Gasteiger partial charge in [-0.3, -0.25) is 4.79 Å². The van der Waals surface area contributed by atoms with Crippen molar-refractivity contribution in [3.63, 3.8) is 0 Å². The molecule has 1 aliphatic rings. The third kappa shape index (κ3) is 7.20. The van der Waals surface area contributed by atoms with Gasteiger partial charge in [0, 0.05) is 18.0 Å². The van der Waals surface area contributed by atoms with Crippen LogP contribution in [-0.2, 0) is 14.6 Å². The van der Waals surface area contributed by atoms with Crippen molar-refractivity contribution in [1.29, 1.82) is 0 Å². The van der Waals surface area contributed by atoms with E-state index in [-0.39, 0.29) is 36.7 Å². The number of halogens is 1. The molecule has 1 heterocycles. The van der Waals surface area contributed by atoms with Gasteiger partial charge in [-0.2, -0.15) is 0 Å². The van der Waals surface area contributed by atoms with Gasteiger partial charge in [-0.25, -0.2) is 8.42 Å². The minimum absolute atomic E-state index is 0. The molecule has 1 amide bonds. The first-order chi connectivity index (χ1) is 10.4. The normalized spacial score (nSPS) is 17.9. The monoisotopic (exact) mass is 362 g/mol. The number of ether oxygens (including phenoxy) is 1. The van der Waals surface area contributed by atoms with Crippen LogP contribution in [-0.4, -0.2) is 45.5 Å². The van der Waals surface area contributed by atoms with Gasteiger partial charge in [0.05, 0.1) is 11.8 Å². The molecule has 0 aliphatic carbocycles. The van der Waals surface area contributed by atoms with Crippen molar-refractivity contribution in [3.8, 4) is 5.75 Å². The van der Waals surface area contributed by atoms with Crippen LogP contribution in [0, 0.1) is 0 Å². The molecule has 1 aromatic rings. The molecular weight excluding hydrogens is 340 g/mol. The Morgan fingerprint density at radius 2 is 2.17 bits per heavy atom. The number of benzene rings is 1. The molecule has 0 saturated carbocycles. The van der Waals surface area contributed by atoms with Crippen LogP contribution in [0.25, 0.3) is 0 Å². The van der Waals surface area contributed by atoms with Crippen molar-refractivity contribution in [2.24, 2.45) is 0 Å². The molecule has 1 unspecified atom stereocenters. The summed E-state index contributed by atoms with van der Waals surface area (Å²) in [6.45, 7) is 0.965. The molecular formula is C15H23ClN2O4S. The third-order valence-electron chi connectivity index (χ3n) is 3.45. The number of rotatable bonds is 6. The molecule has 1 atom stereocenters. The summed E-state index contributed by atoms with van der Waals surface area (Å²) in [7, 11) is -3.04. The number of hydrogen-bond acceptors (Lipinski definition) is 5. The van der Waals surface area contributed by atoms with E-state index in [2.05, 4.69) is 10.6 Å². The van der Waals surface area contributed by atoms with Crippen LogP contribution in [0.1, 0.15) is 19.3 Å². The summed E-state index contributed by atoms with van der Waals surface area (Å²) in [6, 6.07) is 6.83. The molecule has 2 rings (SSSR count). The Bertz CT molecular complexity index is 616. The molecule has 1 aromatic carbocycles. The van der Waals surface area contributed by atoms with E-state index < -0.39 is 9.84 Å². The standard InChI is InChI=1S/C15H22N2O4S.ClH/c1-22(19,20)10-9-21-13-6-4-5-12(11-13)17-15(18)14-7-2-3-8-16-14;/h4-6,11,14,16H,2-3,7-10H2,1H3,(H,17,18);1H. The predicted octanol–water partition coefficient (Wildman–Crippen LogP) is 1.61. The van der Waals surface area contributed by atoms with Crippen LogP contribution < -0.4 is 15.4 Å². The van der Waals surface area contributed by atoms with Crippen molar-refractivity contribution < 1.29 is 17.9 Å². The second-order valence-electron chi connectivity index (χ2n) is 5.50. The molecule has 8 heteroatoms. The average molecular weight is 363 g/mol. The molecule has 2 N–H and O–H groups in total. The van der Waals surface area contributed by atoms with Gasteiger partial charge in [-0.15, -0.1) is 12.4 Å². The van der Waals surface area contributed by atoms with Crippen LogP contribution in [0.2, 0.25) is 0 Å². The predicted molar refractivity (Wildman–Crippen MR) is 93.2 cm³/mol. The van der Waals surface area contributed by atoms with Gasteiger partial charge in [-0.1, -0.05) is 12.5 Å². The lowest BCUT2D eigenvalue weighted by molar-refractivity contribution is -0.118. The molecule has 6 nitrogen and oxygen atoms in total. The molecule has 0 spiro atoms. The summed E-state index contributed by atoms with van der Waals surface area (Å²) >= 11 is 0. The number of hydrogen-bond donors (Lipinski definition) is 2. The Morgan fingerprint density at radius 1 is 1.39 bits per heavy atom. The van der Waals surface area contributed by atoms with Crippen LogP contribution in [0.3, 0.4) is 0 Å². The van der Waals surface area contributed by atoms with Crippen molar-refractivity contribution in [3.05, 3.63) is 24.3 Å². The first-order valence-corrected chi connectivity index (χ1v) is 9.45. The van der Waals surface area contributed by atoms with Crippen LogP contribution in [0.15, 0.2) is 24.3 Å². The Morgan fingerprint density at radius 3 is 2.83 bits per heavy atom. The number of nitrogens with one attached hydrogen (secondary N) is 2. The van der Waals surface area contributed by atoms with Gasteiger partial charge < -0.3 is 15.4 Å². The van der Waals surface area contributed by atoms with E-state index in [4.69, 9.17) is 4.74 Å². The lowest BCUT2D eigenvalue weighted by atomic mass is 10.0. The number of piperidine rings is 1. The van der Waals surface area contributed by atoms with Gasteiger partial charge in [0.2, 0.25) is 5.91 Å². The van der Waals surface area contributed by atoms with Gasteiger partial charge in [0.15, 0.2) is 9.84 Å². The van der Waals surface area contributed by atoms with E-state index in [0.717, 1.165) is 25.8 Å². The smallest absolute Gasteiger partial charge is 0.241 e. The first kappa shape index (κ1) is 19.7. The fourth-order valence-corrected chi connectivity index (χ4v) is 2.67. The quantitative estimate of drug-likeness (QED) is 0.803. The van der Waals surface area contributed by atoms with E-state index >= 15 is 0 Å². The third-order valence-corrected chi connectivity index (χ3v) is 4.36. The molecule has 1 aliphatic heterocycles. The van der Waals surface area contributed by atoms with Crippen molar-refractivity contribution in [2.75, 3.05) is 30.5 Å². The van der Waals surface area contributed by atoms with Crippen molar-refractivity contribution in [2.45, 2.75) is 25.3 Å². The maximum absolute atomic E-state index is 12.1. The van der Waals surface area contributed by atoms with Crippen molar-refractivity contribution in [1.82, 2.24) is 5.32 Å². The summed E-state index contributed by atoms with van der Waals surface area (Å²) in [5, 5.41) is 6.05. The topological polar surface area (TPSA) is 84.5 Å². The zero-order valence-corrected chi connectivity index (χ0v) is 14.7. The molecule has 0 aromatic heterocycles. The number of carbonyl (C=O) groups excluding carboxylic acids is 1. The average Bonchev–Trinajstić information content (AvgIpc) is 2.47. The lowest BCUT2D eigenvalue weighted by Gasteiger charge is -2.22. The molecule has 0 radical (unpaired) electrons. The minimum Gasteiger partial charge on any atom is -0.492 e. The highest BCUT2D eigenvalue weighted by atomic mass is 35.5. The van der Waals surface area contributed by atoms with Gasteiger partial charge in [0.1, 0.15) is 12.4 Å². The molecule has 23 heavy (non-hydrogen) atoms. The van der Waals surface area contributed by atoms with Gasteiger partial charge >= 0.3 is 0 Å². The zero-order chi connectivity index (χ0) is 16.0. The number of carbonyl (C=O) groups is 1. The van der Waals surface area contributed by atoms with Crippen LogP contribution in [0.4, 0.5) is 5.69 Å². The Hall–Kier alpha value is -1.31. The fraction of sp³-hybridized carbons (Fsp3) is 0.533. The Balaban J connectivity index is 0.00000264. The summed E-state index contributed by atoms with van der Waals surface area (Å²) < 4.78 is 27.5. The van der Waals surface area contributed by atoms with Gasteiger partial charge in [-0.05, 0) is 31.5 Å². The summed E-state index contributed by atoms with van der Waals surface area (Å²) in [4.78, 5) is 12.1. The van der Waals surface area contributed by atoms with Crippen LogP contribution in [0.5, 0.6) is 5.75 Å². The fourth-order valence-electron chi connectivity index (χ4n) is 2.28. The summed E-state index contributed by atoms with van der Waals surface area (Å²) in [6.07, 6.45) is 4.17. The molecule has 1 fully saturated rings. The molecule has 130 valence electrons. The summed E-state index contributed by atoms with van der Waals surface area (Å²) in [5.41, 5.74) is 0.647. The molecule has 0 bridgehead atoms. The molecule has 1 saturated heterocycles. The van der Waals surface area contributed by atoms with E-state index in [1.165, 1.54) is 6.26 Å². The Labute approximate surface area is 143 Å². The second-order valence-corrected chi connectivity index (χ2v) is 7.76. The summed E-state index contributed by atoms with van der Waals surface area (Å²) in [5.74, 6) is 0.460. The number of anilines is 1. The highest BCUT2D eigenvalue weighted by Gasteiger charge is 2.20. The van der Waals surface area contributed by atoms with Crippen LogP contribution >= 0.6 is 12.4 Å². The minimum atomic E-state index is -3.04. The maximum Gasteiger partial charge on any atom is 0.241 e. The maximum atomic E-state index is 12.1. The van der Waals surface area contributed by atoms with Gasteiger partial charge in [0.25, 0.3) is 0 Å². The van der Waals surface area contributed by atoms with E-state index in [0.29, 0.717) is 11.4 Å².